The van der Waals surface area contributed by atoms with Gasteiger partial charge in [0, 0.05) is 50.6 Å². The predicted molar refractivity (Wildman–Crippen MR) is 124 cm³/mol. The van der Waals surface area contributed by atoms with Crippen molar-refractivity contribution in [3.63, 3.8) is 0 Å². The lowest BCUT2D eigenvalue weighted by atomic mass is 10.2. The minimum atomic E-state index is 0.0339. The van der Waals surface area contributed by atoms with Crippen molar-refractivity contribution >= 4 is 12.0 Å². The minimum absolute atomic E-state index is 0.0339. The maximum Gasteiger partial charge on any atom is 0.246 e. The maximum absolute atomic E-state index is 12.6. The number of benzene rings is 2. The largest absolute Gasteiger partial charge is 0.497 e. The van der Waals surface area contributed by atoms with Gasteiger partial charge in [-0.15, -0.1) is 0 Å². The highest BCUT2D eigenvalue weighted by atomic mass is 16.5. The summed E-state index contributed by atoms with van der Waals surface area (Å²) < 4.78 is 12.8. The molecule has 0 aliphatic carbocycles. The first-order chi connectivity index (χ1) is 15.7. The lowest BCUT2D eigenvalue weighted by Crippen LogP contribution is -2.49. The number of piperazine rings is 1. The summed E-state index contributed by atoms with van der Waals surface area (Å²) in [7, 11) is 1.65. The first kappa shape index (κ1) is 21.6. The number of hydrogen-bond acceptors (Lipinski definition) is 5. The summed E-state index contributed by atoms with van der Waals surface area (Å²) in [6.45, 7) is 4.58. The summed E-state index contributed by atoms with van der Waals surface area (Å²) in [5.41, 5.74) is 1.89. The van der Waals surface area contributed by atoms with Crippen LogP contribution >= 0.6 is 0 Å². The number of amides is 1. The second kappa shape index (κ2) is 10.6. The van der Waals surface area contributed by atoms with Crippen molar-refractivity contribution in [2.75, 3.05) is 46.4 Å². The average molecular weight is 433 g/mol. The molecule has 2 aromatic carbocycles. The van der Waals surface area contributed by atoms with Gasteiger partial charge in [0.1, 0.15) is 18.1 Å². The molecule has 0 N–H and O–H groups in total. The van der Waals surface area contributed by atoms with Gasteiger partial charge in [-0.3, -0.25) is 9.69 Å². The fourth-order valence-electron chi connectivity index (χ4n) is 3.57. The Bertz CT molecular complexity index is 1020. The van der Waals surface area contributed by atoms with Crippen LogP contribution in [0.1, 0.15) is 5.56 Å². The summed E-state index contributed by atoms with van der Waals surface area (Å²) in [6, 6.07) is 17.5. The van der Waals surface area contributed by atoms with Crippen molar-refractivity contribution in [1.29, 1.82) is 0 Å². The highest BCUT2D eigenvalue weighted by Gasteiger charge is 2.19. The van der Waals surface area contributed by atoms with Gasteiger partial charge in [0.05, 0.1) is 19.0 Å². The zero-order chi connectivity index (χ0) is 22.2. The van der Waals surface area contributed by atoms with Crippen LogP contribution in [0.25, 0.3) is 11.8 Å². The van der Waals surface area contributed by atoms with E-state index in [9.17, 15) is 4.79 Å². The molecule has 0 radical (unpaired) electrons. The number of aromatic nitrogens is 2. The van der Waals surface area contributed by atoms with Crippen LogP contribution in [0.3, 0.4) is 0 Å². The molecule has 0 bridgehead atoms. The standard InChI is InChI=1S/C25H28N4O3/c1-31-23-8-10-24(11-9-23)32-18-17-27-13-15-28(16-14-27)25(30)12-7-21-19-26-29(20-21)22-5-3-2-4-6-22/h2-12,19-20H,13-18H2,1H3/b12-7+. The fourth-order valence-corrected chi connectivity index (χ4v) is 3.57. The molecule has 1 fully saturated rings. The summed E-state index contributed by atoms with van der Waals surface area (Å²) >= 11 is 0. The molecular weight excluding hydrogens is 404 g/mol. The van der Waals surface area contributed by atoms with E-state index in [2.05, 4.69) is 10.00 Å². The molecule has 32 heavy (non-hydrogen) atoms. The van der Waals surface area contributed by atoms with Gasteiger partial charge >= 0.3 is 0 Å². The van der Waals surface area contributed by atoms with Gasteiger partial charge in [0.2, 0.25) is 5.91 Å². The van der Waals surface area contributed by atoms with Gasteiger partial charge in [-0.1, -0.05) is 18.2 Å². The van der Waals surface area contributed by atoms with Gasteiger partial charge < -0.3 is 14.4 Å². The van der Waals surface area contributed by atoms with Crippen LogP contribution in [0.5, 0.6) is 11.5 Å². The lowest BCUT2D eigenvalue weighted by molar-refractivity contribution is -0.127. The number of carbonyl (C=O) groups is 1. The Hall–Kier alpha value is -3.58. The molecule has 0 atom stereocenters. The fraction of sp³-hybridized carbons (Fsp3) is 0.280. The van der Waals surface area contributed by atoms with Crippen molar-refractivity contribution in [2.45, 2.75) is 0 Å². The Morgan fingerprint density at radius 2 is 1.72 bits per heavy atom. The molecule has 0 spiro atoms. The van der Waals surface area contributed by atoms with E-state index in [1.54, 1.807) is 24.1 Å². The van der Waals surface area contributed by atoms with Gasteiger partial charge in [-0.25, -0.2) is 4.68 Å². The first-order valence-corrected chi connectivity index (χ1v) is 10.8. The summed E-state index contributed by atoms with van der Waals surface area (Å²) in [6.07, 6.45) is 7.13. The number of rotatable bonds is 8. The zero-order valence-corrected chi connectivity index (χ0v) is 18.3. The van der Waals surface area contributed by atoms with Crippen LogP contribution in [0.15, 0.2) is 73.1 Å². The highest BCUT2D eigenvalue weighted by molar-refractivity contribution is 5.91. The lowest BCUT2D eigenvalue weighted by Gasteiger charge is -2.34. The van der Waals surface area contributed by atoms with Crippen molar-refractivity contribution < 1.29 is 14.3 Å². The Labute approximate surface area is 188 Å². The third-order valence-corrected chi connectivity index (χ3v) is 5.46. The van der Waals surface area contributed by atoms with E-state index in [0.717, 1.165) is 55.5 Å². The van der Waals surface area contributed by atoms with Crippen LogP contribution in [-0.2, 0) is 4.79 Å². The molecule has 2 heterocycles. The first-order valence-electron chi connectivity index (χ1n) is 10.8. The van der Waals surface area contributed by atoms with Crippen molar-refractivity contribution in [1.82, 2.24) is 19.6 Å². The van der Waals surface area contributed by atoms with Crippen LogP contribution in [0.4, 0.5) is 0 Å². The molecule has 7 heteroatoms. The monoisotopic (exact) mass is 432 g/mol. The van der Waals surface area contributed by atoms with Crippen molar-refractivity contribution in [2.24, 2.45) is 0 Å². The smallest absolute Gasteiger partial charge is 0.246 e. The van der Waals surface area contributed by atoms with E-state index in [-0.39, 0.29) is 5.91 Å². The second-order valence-electron chi connectivity index (χ2n) is 7.58. The van der Waals surface area contributed by atoms with Gasteiger partial charge in [0.15, 0.2) is 0 Å². The maximum atomic E-state index is 12.6. The summed E-state index contributed by atoms with van der Waals surface area (Å²) in [4.78, 5) is 16.8. The molecule has 7 nitrogen and oxygen atoms in total. The van der Waals surface area contributed by atoms with Crippen molar-refractivity contribution in [3.8, 4) is 17.2 Å². The number of ether oxygens (including phenoxy) is 2. The van der Waals surface area contributed by atoms with Crippen LogP contribution in [-0.4, -0.2) is 71.9 Å². The third-order valence-electron chi connectivity index (χ3n) is 5.46. The molecule has 1 amide bonds. The Kier molecular flexibility index (Phi) is 7.19. The molecule has 0 unspecified atom stereocenters. The number of nitrogens with zero attached hydrogens (tertiary/aromatic N) is 4. The van der Waals surface area contributed by atoms with Gasteiger partial charge in [-0.2, -0.15) is 5.10 Å². The number of para-hydroxylation sites is 1. The highest BCUT2D eigenvalue weighted by Crippen LogP contribution is 2.17. The van der Waals surface area contributed by atoms with E-state index in [1.807, 2.05) is 71.8 Å². The minimum Gasteiger partial charge on any atom is -0.497 e. The normalized spacial score (nSPS) is 14.6. The molecule has 3 aromatic rings. The zero-order valence-electron chi connectivity index (χ0n) is 18.3. The van der Waals surface area contributed by atoms with Crippen LogP contribution in [0.2, 0.25) is 0 Å². The van der Waals surface area contributed by atoms with Crippen LogP contribution in [0, 0.1) is 0 Å². The Balaban J connectivity index is 1.19. The predicted octanol–water partition coefficient (Wildman–Crippen LogP) is 3.12. The summed E-state index contributed by atoms with van der Waals surface area (Å²) in [5.74, 6) is 1.68. The molecule has 1 aromatic heterocycles. The SMILES string of the molecule is COc1ccc(OCCN2CCN(C(=O)/C=C/c3cnn(-c4ccccc4)c3)CC2)cc1. The topological polar surface area (TPSA) is 59.8 Å². The number of carbonyl (C=O) groups excluding carboxylic acids is 1. The molecular formula is C25H28N4O3. The molecule has 166 valence electrons. The number of hydrogen-bond donors (Lipinski definition) is 0. The molecule has 1 aliphatic heterocycles. The van der Waals surface area contributed by atoms with Crippen LogP contribution < -0.4 is 9.47 Å². The van der Waals surface area contributed by atoms with E-state index >= 15 is 0 Å². The van der Waals surface area contributed by atoms with E-state index in [0.29, 0.717) is 6.61 Å². The molecule has 1 saturated heterocycles. The van der Waals surface area contributed by atoms with E-state index in [4.69, 9.17) is 9.47 Å². The van der Waals surface area contributed by atoms with Crippen molar-refractivity contribution in [3.05, 3.63) is 78.6 Å². The van der Waals surface area contributed by atoms with Gasteiger partial charge in [-0.05, 0) is 42.5 Å². The van der Waals surface area contributed by atoms with E-state index < -0.39 is 0 Å². The molecule has 4 rings (SSSR count). The second-order valence-corrected chi connectivity index (χ2v) is 7.58. The third kappa shape index (κ3) is 5.76. The molecule has 0 saturated carbocycles. The van der Waals surface area contributed by atoms with Gasteiger partial charge in [0.25, 0.3) is 0 Å². The Morgan fingerprint density at radius 1 is 1.00 bits per heavy atom. The van der Waals surface area contributed by atoms with E-state index in [1.165, 1.54) is 0 Å². The molecule has 1 aliphatic rings. The quantitative estimate of drug-likeness (QED) is 0.512. The number of methoxy groups -OCH3 is 1. The average Bonchev–Trinajstić information content (AvgIpc) is 3.33. The summed E-state index contributed by atoms with van der Waals surface area (Å²) in [5, 5.41) is 4.36. The Morgan fingerprint density at radius 3 is 2.44 bits per heavy atom.